The maximum absolute atomic E-state index is 16.1. The lowest BCUT2D eigenvalue weighted by Gasteiger charge is -2.44. The Labute approximate surface area is 391 Å². The summed E-state index contributed by atoms with van der Waals surface area (Å²) in [5.41, 5.74) is 3.63. The average Bonchev–Trinajstić information content (AvgIpc) is 4.01. The quantitative estimate of drug-likeness (QED) is 0.137. The lowest BCUT2D eigenvalue weighted by molar-refractivity contribution is -0.125. The fourth-order valence-corrected chi connectivity index (χ4v) is 11.8. The molecule has 5 aliphatic rings. The zero-order chi connectivity index (χ0) is 47.8. The van der Waals surface area contributed by atoms with E-state index in [4.69, 9.17) is 0 Å². The second-order valence-electron chi connectivity index (χ2n) is 18.2. The molecular weight excluding hydrogens is 900 g/mol. The van der Waals surface area contributed by atoms with Crippen LogP contribution < -0.4 is 19.4 Å². The van der Waals surface area contributed by atoms with E-state index >= 15 is 8.78 Å². The molecule has 2 aromatic heterocycles. The first-order chi connectivity index (χ1) is 32.6. The Balaban J connectivity index is 0.771. The van der Waals surface area contributed by atoms with Gasteiger partial charge in [0.05, 0.1) is 22.4 Å². The lowest BCUT2D eigenvalue weighted by atomic mass is 9.99. The maximum atomic E-state index is 16.1. The fourth-order valence-electron chi connectivity index (χ4n) is 10.4. The van der Waals surface area contributed by atoms with Gasteiger partial charge in [-0.3, -0.25) is 33.3 Å². The van der Waals surface area contributed by atoms with Gasteiger partial charge in [0.1, 0.15) is 23.7 Å². The van der Waals surface area contributed by atoms with Crippen molar-refractivity contribution in [1.82, 2.24) is 29.0 Å². The van der Waals surface area contributed by atoms with Gasteiger partial charge in [-0.2, -0.15) is 12.7 Å². The summed E-state index contributed by atoms with van der Waals surface area (Å²) >= 11 is 0. The first kappa shape index (κ1) is 45.2. The highest BCUT2D eigenvalue weighted by atomic mass is 32.2. The zero-order valence-corrected chi connectivity index (χ0v) is 38.4. The molecule has 4 saturated heterocycles. The minimum absolute atomic E-state index is 0.00580. The first-order valence-electron chi connectivity index (χ1n) is 22.8. The molecule has 0 bridgehead atoms. The van der Waals surface area contributed by atoms with Gasteiger partial charge in [-0.05, 0) is 86.2 Å². The highest BCUT2D eigenvalue weighted by Crippen LogP contribution is 2.36. The number of amides is 3. The number of piperidine rings is 2. The van der Waals surface area contributed by atoms with Gasteiger partial charge in [0.2, 0.25) is 11.7 Å². The Morgan fingerprint density at radius 3 is 2.21 bits per heavy atom. The number of alkyl halides is 1. The van der Waals surface area contributed by atoms with Gasteiger partial charge < -0.3 is 19.7 Å². The molecule has 5 aromatic rings. The summed E-state index contributed by atoms with van der Waals surface area (Å²) in [6.07, 6.45) is 4.53. The van der Waals surface area contributed by atoms with Crippen LogP contribution in [0.25, 0.3) is 22.2 Å². The number of hydrogen-bond donors (Lipinski definition) is 1. The largest absolute Gasteiger partial charge is 0.371 e. The molecule has 15 nitrogen and oxygen atoms in total. The van der Waals surface area contributed by atoms with Crippen molar-refractivity contribution in [1.29, 1.82) is 0 Å². The molecule has 19 heteroatoms. The summed E-state index contributed by atoms with van der Waals surface area (Å²) in [7, 11) is -1.61. The third kappa shape index (κ3) is 7.88. The molecule has 1 unspecified atom stereocenters. The predicted octanol–water partition coefficient (Wildman–Crippen LogP) is 5.65. The number of anilines is 3. The third-order valence-electron chi connectivity index (χ3n) is 14.2. The van der Waals surface area contributed by atoms with E-state index < -0.39 is 62.9 Å². The number of carbonyl (C=O) groups is 4. The molecule has 10 rings (SSSR count). The van der Waals surface area contributed by atoms with Crippen LogP contribution in [0.1, 0.15) is 68.7 Å². The lowest BCUT2D eigenvalue weighted by Crippen LogP contribution is -2.53. The fraction of sp³-hybridized carbons (Fsp3) is 0.367. The Morgan fingerprint density at radius 2 is 1.51 bits per heavy atom. The van der Waals surface area contributed by atoms with Gasteiger partial charge in [-0.1, -0.05) is 18.7 Å². The van der Waals surface area contributed by atoms with Crippen molar-refractivity contribution in [2.75, 3.05) is 73.5 Å². The number of hydrogen-bond acceptors (Lipinski definition) is 10. The highest BCUT2D eigenvalue weighted by Gasteiger charge is 2.44. The minimum Gasteiger partial charge on any atom is -0.371 e. The van der Waals surface area contributed by atoms with Gasteiger partial charge in [0.25, 0.3) is 11.8 Å². The zero-order valence-electron chi connectivity index (χ0n) is 37.6. The smallest absolute Gasteiger partial charge is 0.304 e. The van der Waals surface area contributed by atoms with E-state index in [0.717, 1.165) is 97.4 Å². The first-order valence-corrected chi connectivity index (χ1v) is 24.2. The van der Waals surface area contributed by atoms with E-state index in [9.17, 15) is 32.0 Å². The van der Waals surface area contributed by atoms with Crippen molar-refractivity contribution in [3.8, 4) is 11.1 Å². The number of carbonyl (C=O) groups excluding carboxylic acids is 4. The SMILES string of the molecule is C=C1CCC(N2C(=O)c3ccc(N4CCC(N5CCN(c6ccc(-c7cnc8c(c7)c(C(=O)c7c(F)ccc(N(C)S(=O)(=O)N9CC[C@@H](F)C9)c7F)cn8C)cc6)CC5)CC4)cc3C2=O)C(=O)N1. The van der Waals surface area contributed by atoms with Crippen LogP contribution in [-0.4, -0.2) is 133 Å². The van der Waals surface area contributed by atoms with Crippen LogP contribution in [0.2, 0.25) is 0 Å². The molecule has 0 spiro atoms. The van der Waals surface area contributed by atoms with Gasteiger partial charge >= 0.3 is 10.2 Å². The number of fused-ring (bicyclic) bond motifs is 2. The average molecular weight is 950 g/mol. The number of imide groups is 1. The summed E-state index contributed by atoms with van der Waals surface area (Å²) < 4.78 is 75.0. The Bertz CT molecular complexity index is 3020. The number of piperazine rings is 1. The molecule has 3 amide bonds. The molecular formula is C49H50F3N9O6S. The maximum Gasteiger partial charge on any atom is 0.304 e. The second kappa shape index (κ2) is 17.5. The van der Waals surface area contributed by atoms with E-state index in [1.54, 1.807) is 36.0 Å². The van der Waals surface area contributed by atoms with Crippen LogP contribution in [0.5, 0.6) is 0 Å². The third-order valence-corrected chi connectivity index (χ3v) is 16.1. The molecule has 0 radical (unpaired) electrons. The van der Waals surface area contributed by atoms with Crippen LogP contribution in [0, 0.1) is 11.6 Å². The molecule has 4 fully saturated rings. The van der Waals surface area contributed by atoms with Crippen LogP contribution in [0.15, 0.2) is 85.3 Å². The number of ketones is 1. The van der Waals surface area contributed by atoms with Crippen molar-refractivity contribution < 1.29 is 40.8 Å². The summed E-state index contributed by atoms with van der Waals surface area (Å²) in [5, 5.41) is 3.04. The second-order valence-corrected chi connectivity index (χ2v) is 20.2. The van der Waals surface area contributed by atoms with Gasteiger partial charge in [-0.25, -0.2) is 18.2 Å². The van der Waals surface area contributed by atoms with Gasteiger partial charge in [-0.15, -0.1) is 0 Å². The van der Waals surface area contributed by atoms with Crippen molar-refractivity contribution in [3.63, 3.8) is 0 Å². The van der Waals surface area contributed by atoms with Crippen molar-refractivity contribution >= 4 is 61.8 Å². The number of pyridine rings is 1. The van der Waals surface area contributed by atoms with Crippen LogP contribution in [0.4, 0.5) is 30.2 Å². The number of nitrogens with one attached hydrogen (secondary N) is 1. The highest BCUT2D eigenvalue weighted by molar-refractivity contribution is 7.90. The number of aromatic nitrogens is 2. The Morgan fingerprint density at radius 1 is 0.824 bits per heavy atom. The summed E-state index contributed by atoms with van der Waals surface area (Å²) in [6.45, 7) is 8.38. The number of allylic oxidation sites excluding steroid dienone is 1. The number of aryl methyl sites for hydroxylation is 1. The Hall–Kier alpha value is -6.57. The van der Waals surface area contributed by atoms with Crippen molar-refractivity contribution in [2.45, 2.75) is 50.4 Å². The summed E-state index contributed by atoms with van der Waals surface area (Å²) in [5.74, 6) is -4.75. The summed E-state index contributed by atoms with van der Waals surface area (Å²) in [6, 6.07) is 16.5. The van der Waals surface area contributed by atoms with Crippen LogP contribution >= 0.6 is 0 Å². The van der Waals surface area contributed by atoms with Crippen LogP contribution in [0.3, 0.4) is 0 Å². The van der Waals surface area contributed by atoms with Gasteiger partial charge in [0, 0.05) is 118 Å². The number of halogens is 3. The normalized spacial score (nSPS) is 21.0. The molecule has 68 heavy (non-hydrogen) atoms. The van der Waals surface area contributed by atoms with Crippen LogP contribution in [-0.2, 0) is 22.1 Å². The van der Waals surface area contributed by atoms with E-state index in [0.29, 0.717) is 56.6 Å². The van der Waals surface area contributed by atoms with E-state index in [1.165, 1.54) is 6.20 Å². The van der Waals surface area contributed by atoms with E-state index in [-0.39, 0.29) is 31.0 Å². The molecule has 2 atom stereocenters. The topological polar surface area (TPSA) is 152 Å². The molecule has 5 aliphatic heterocycles. The number of nitrogens with zero attached hydrogens (tertiary/aromatic N) is 8. The minimum atomic E-state index is -4.36. The Kier molecular flexibility index (Phi) is 11.6. The molecule has 3 aromatic carbocycles. The molecule has 1 N–H and O–H groups in total. The molecule has 7 heterocycles. The number of benzene rings is 3. The number of rotatable bonds is 10. The van der Waals surface area contributed by atoms with E-state index in [2.05, 4.69) is 31.6 Å². The molecule has 354 valence electrons. The monoisotopic (exact) mass is 949 g/mol. The summed E-state index contributed by atoms with van der Waals surface area (Å²) in [4.78, 5) is 66.2. The molecule has 0 saturated carbocycles. The van der Waals surface area contributed by atoms with Crippen molar-refractivity contribution in [2.24, 2.45) is 7.05 Å². The van der Waals surface area contributed by atoms with E-state index in [1.807, 2.05) is 30.3 Å². The van der Waals surface area contributed by atoms with Crippen molar-refractivity contribution in [3.05, 3.63) is 119 Å². The van der Waals surface area contributed by atoms with Gasteiger partial charge in [0.15, 0.2) is 5.82 Å². The predicted molar refractivity (Wildman–Crippen MR) is 251 cm³/mol. The standard InChI is InChI=1S/C49H50F3N9O6S/c1-29-4-12-42(47(63)54-29)61-48(64)36-10-9-35(25-38(36)49(61)65)57-17-15-34(16-18-57)59-22-20-58(21-23-59)33-7-5-30(6-8-33)31-24-37-39(28-55(2)46(37)53-26-31)45(62)43-40(51)11-13-41(44(43)52)56(3)68(66,67)60-19-14-32(50)27-60/h5-11,13,24-26,28,32,34,42H,1,4,12,14-23,27H2,2-3H3,(H,54,63)/t32-,42?/m1/s1. The molecule has 0 aliphatic carbocycles.